The van der Waals surface area contributed by atoms with E-state index in [0.717, 1.165) is 22.6 Å². The van der Waals surface area contributed by atoms with Crippen molar-refractivity contribution in [1.82, 2.24) is 15.0 Å². The monoisotopic (exact) mass is 246 g/mol. The van der Waals surface area contributed by atoms with Gasteiger partial charge in [-0.3, -0.25) is 4.68 Å². The fraction of sp³-hybridized carbons (Fsp3) is 0.385. The van der Waals surface area contributed by atoms with Crippen molar-refractivity contribution in [3.05, 3.63) is 41.2 Å². The van der Waals surface area contributed by atoms with E-state index in [-0.39, 0.29) is 6.04 Å². The maximum absolute atomic E-state index is 6.18. The van der Waals surface area contributed by atoms with E-state index in [2.05, 4.69) is 10.3 Å². The number of aryl methyl sites for hydroxylation is 2. The third-order valence-corrected chi connectivity index (χ3v) is 2.94. The Kier molecular flexibility index (Phi) is 3.62. The highest BCUT2D eigenvalue weighted by atomic mass is 16.5. The Hall–Kier alpha value is -1.88. The van der Waals surface area contributed by atoms with Crippen molar-refractivity contribution in [1.29, 1.82) is 0 Å². The molecule has 1 aromatic carbocycles. The van der Waals surface area contributed by atoms with Crippen LogP contribution in [0.2, 0.25) is 0 Å². The van der Waals surface area contributed by atoms with Crippen LogP contribution in [0.25, 0.3) is 0 Å². The highest BCUT2D eigenvalue weighted by molar-refractivity contribution is 5.38. The van der Waals surface area contributed by atoms with Crippen molar-refractivity contribution in [2.24, 2.45) is 12.8 Å². The molecule has 1 unspecified atom stereocenters. The fourth-order valence-corrected chi connectivity index (χ4v) is 1.90. The first-order valence-electron chi connectivity index (χ1n) is 5.85. The van der Waals surface area contributed by atoms with E-state index in [9.17, 15) is 0 Å². The molecule has 0 fully saturated rings. The normalized spacial score (nSPS) is 12.4. The second kappa shape index (κ2) is 5.18. The van der Waals surface area contributed by atoms with Crippen LogP contribution in [0.15, 0.2) is 24.4 Å². The van der Waals surface area contributed by atoms with Gasteiger partial charge in [0.2, 0.25) is 0 Å². The number of aromatic nitrogens is 3. The minimum Gasteiger partial charge on any atom is -0.496 e. The summed E-state index contributed by atoms with van der Waals surface area (Å²) in [4.78, 5) is 0. The molecule has 2 rings (SSSR count). The second-order valence-electron chi connectivity index (χ2n) is 4.42. The summed E-state index contributed by atoms with van der Waals surface area (Å²) in [6.45, 7) is 2.01. The van der Waals surface area contributed by atoms with E-state index in [1.807, 2.05) is 38.4 Å². The molecular weight excluding hydrogens is 228 g/mol. The zero-order chi connectivity index (χ0) is 13.1. The number of nitrogens with zero attached hydrogens (tertiary/aromatic N) is 3. The van der Waals surface area contributed by atoms with Gasteiger partial charge < -0.3 is 10.5 Å². The van der Waals surface area contributed by atoms with Gasteiger partial charge in [0.1, 0.15) is 5.75 Å². The minimum absolute atomic E-state index is 0.101. The van der Waals surface area contributed by atoms with Crippen molar-refractivity contribution >= 4 is 0 Å². The third-order valence-electron chi connectivity index (χ3n) is 2.94. The number of benzene rings is 1. The number of hydrogen-bond donors (Lipinski definition) is 1. The number of rotatable bonds is 4. The Bertz CT molecular complexity index is 536. The van der Waals surface area contributed by atoms with E-state index in [4.69, 9.17) is 10.5 Å². The van der Waals surface area contributed by atoms with Crippen molar-refractivity contribution in [2.75, 3.05) is 7.11 Å². The number of ether oxygens (including phenoxy) is 1. The van der Waals surface area contributed by atoms with Crippen molar-refractivity contribution < 1.29 is 4.74 Å². The predicted octanol–water partition coefficient (Wildman–Crippen LogP) is 1.37. The Morgan fingerprint density at radius 1 is 1.44 bits per heavy atom. The molecule has 18 heavy (non-hydrogen) atoms. The number of methoxy groups -OCH3 is 1. The van der Waals surface area contributed by atoms with Crippen LogP contribution in [0.5, 0.6) is 5.75 Å². The number of nitrogens with two attached hydrogens (primary N) is 1. The van der Waals surface area contributed by atoms with Crippen LogP contribution in [0, 0.1) is 6.92 Å². The summed E-state index contributed by atoms with van der Waals surface area (Å²) >= 11 is 0. The molecule has 0 aliphatic carbocycles. The first-order valence-corrected chi connectivity index (χ1v) is 5.85. The molecule has 0 aliphatic heterocycles. The van der Waals surface area contributed by atoms with Crippen LogP contribution < -0.4 is 10.5 Å². The van der Waals surface area contributed by atoms with E-state index < -0.39 is 0 Å². The van der Waals surface area contributed by atoms with Gasteiger partial charge in [-0.15, -0.1) is 5.10 Å². The smallest absolute Gasteiger partial charge is 0.122 e. The molecule has 0 saturated heterocycles. The molecule has 0 bridgehead atoms. The van der Waals surface area contributed by atoms with Gasteiger partial charge in [-0.25, -0.2) is 0 Å². The molecule has 2 N–H and O–H groups in total. The lowest BCUT2D eigenvalue weighted by molar-refractivity contribution is 0.410. The standard InChI is InChI=1S/C13H18N4O/c1-9-4-5-10(6-13(9)18-3)12(14)7-11-8-17(2)16-15-11/h4-6,8,12H,7,14H2,1-3H3. The third kappa shape index (κ3) is 2.68. The summed E-state index contributed by atoms with van der Waals surface area (Å²) in [7, 11) is 3.51. The zero-order valence-electron chi connectivity index (χ0n) is 10.9. The van der Waals surface area contributed by atoms with E-state index in [1.165, 1.54) is 0 Å². The number of hydrogen-bond acceptors (Lipinski definition) is 4. The van der Waals surface area contributed by atoms with Crippen molar-refractivity contribution in [2.45, 2.75) is 19.4 Å². The molecule has 1 aromatic heterocycles. The molecule has 0 radical (unpaired) electrons. The van der Waals surface area contributed by atoms with Gasteiger partial charge >= 0.3 is 0 Å². The average molecular weight is 246 g/mol. The predicted molar refractivity (Wildman–Crippen MR) is 69.4 cm³/mol. The molecule has 96 valence electrons. The molecule has 0 spiro atoms. The van der Waals surface area contributed by atoms with Gasteiger partial charge in [0.05, 0.1) is 12.8 Å². The lowest BCUT2D eigenvalue weighted by Crippen LogP contribution is -2.13. The lowest BCUT2D eigenvalue weighted by Gasteiger charge is -2.13. The van der Waals surface area contributed by atoms with Crippen LogP contribution in [0.1, 0.15) is 22.9 Å². The summed E-state index contributed by atoms with van der Waals surface area (Å²) in [6, 6.07) is 5.93. The second-order valence-corrected chi connectivity index (χ2v) is 4.42. The van der Waals surface area contributed by atoms with Gasteiger partial charge in [-0.1, -0.05) is 17.3 Å². The van der Waals surface area contributed by atoms with Gasteiger partial charge in [0.15, 0.2) is 0 Å². The Morgan fingerprint density at radius 3 is 2.83 bits per heavy atom. The first-order chi connectivity index (χ1) is 8.60. The molecular formula is C13H18N4O. The largest absolute Gasteiger partial charge is 0.496 e. The molecule has 1 heterocycles. The molecule has 0 amide bonds. The summed E-state index contributed by atoms with van der Waals surface area (Å²) in [5.41, 5.74) is 9.22. The maximum Gasteiger partial charge on any atom is 0.122 e. The SMILES string of the molecule is COc1cc(C(N)Cc2cn(C)nn2)ccc1C. The maximum atomic E-state index is 6.18. The molecule has 1 atom stereocenters. The molecule has 0 aliphatic rings. The molecule has 0 saturated carbocycles. The van der Waals surface area contributed by atoms with Gasteiger partial charge in [-0.05, 0) is 24.1 Å². The van der Waals surface area contributed by atoms with Crippen LogP contribution in [0.3, 0.4) is 0 Å². The molecule has 5 heteroatoms. The van der Waals surface area contributed by atoms with Crippen molar-refractivity contribution in [3.63, 3.8) is 0 Å². The van der Waals surface area contributed by atoms with E-state index in [0.29, 0.717) is 6.42 Å². The Morgan fingerprint density at radius 2 is 2.22 bits per heavy atom. The minimum atomic E-state index is -0.101. The van der Waals surface area contributed by atoms with Crippen LogP contribution in [-0.4, -0.2) is 22.1 Å². The highest BCUT2D eigenvalue weighted by Gasteiger charge is 2.11. The summed E-state index contributed by atoms with van der Waals surface area (Å²) in [6.07, 6.45) is 2.55. The average Bonchev–Trinajstić information content (AvgIpc) is 2.75. The fourth-order valence-electron chi connectivity index (χ4n) is 1.90. The van der Waals surface area contributed by atoms with Crippen LogP contribution >= 0.6 is 0 Å². The first kappa shape index (κ1) is 12.6. The van der Waals surface area contributed by atoms with Crippen molar-refractivity contribution in [3.8, 4) is 5.75 Å². The molecule has 5 nitrogen and oxygen atoms in total. The Balaban J connectivity index is 2.15. The van der Waals surface area contributed by atoms with Crippen LogP contribution in [-0.2, 0) is 13.5 Å². The quantitative estimate of drug-likeness (QED) is 0.885. The topological polar surface area (TPSA) is 66.0 Å². The summed E-state index contributed by atoms with van der Waals surface area (Å²) < 4.78 is 6.98. The van der Waals surface area contributed by atoms with Crippen LogP contribution in [0.4, 0.5) is 0 Å². The van der Waals surface area contributed by atoms with Gasteiger partial charge in [-0.2, -0.15) is 0 Å². The highest BCUT2D eigenvalue weighted by Crippen LogP contribution is 2.23. The Labute approximate surface area is 107 Å². The zero-order valence-corrected chi connectivity index (χ0v) is 10.9. The van der Waals surface area contributed by atoms with E-state index in [1.54, 1.807) is 11.8 Å². The van der Waals surface area contributed by atoms with Gasteiger partial charge in [0.25, 0.3) is 0 Å². The summed E-state index contributed by atoms with van der Waals surface area (Å²) in [5.74, 6) is 0.863. The molecule has 2 aromatic rings. The summed E-state index contributed by atoms with van der Waals surface area (Å²) in [5, 5.41) is 7.94. The van der Waals surface area contributed by atoms with Gasteiger partial charge in [0, 0.05) is 25.7 Å². The lowest BCUT2D eigenvalue weighted by atomic mass is 10.0. The van der Waals surface area contributed by atoms with E-state index >= 15 is 0 Å².